The molecule has 1 aliphatic rings. The van der Waals surface area contributed by atoms with Crippen LogP contribution in [-0.2, 0) is 6.54 Å². The number of anilines is 1. The topological polar surface area (TPSA) is 29.3 Å². The van der Waals surface area contributed by atoms with Crippen molar-refractivity contribution in [3.05, 3.63) is 28.8 Å². The molecule has 0 saturated carbocycles. The van der Waals surface area contributed by atoms with Crippen LogP contribution >= 0.6 is 11.6 Å². The Morgan fingerprint density at radius 1 is 1.39 bits per heavy atom. The lowest BCUT2D eigenvalue weighted by Gasteiger charge is -2.23. The average molecular weight is 279 g/mol. The van der Waals surface area contributed by atoms with Gasteiger partial charge in [0, 0.05) is 19.6 Å². The Morgan fingerprint density at radius 2 is 2.11 bits per heavy atom. The number of rotatable bonds is 2. The van der Waals surface area contributed by atoms with Gasteiger partial charge >= 0.3 is 6.18 Å². The van der Waals surface area contributed by atoms with E-state index in [9.17, 15) is 13.2 Å². The van der Waals surface area contributed by atoms with Crippen LogP contribution in [-0.4, -0.2) is 19.3 Å². The standard InChI is InChI=1S/C12H14ClF3N2/c13-10-3-1-2-8(6-17)11(10)18-5-4-9(7-18)12(14,15)16/h1-3,9H,4-7,17H2. The molecular formula is C12H14ClF3N2. The fourth-order valence-electron chi connectivity index (χ4n) is 2.31. The molecule has 2 N–H and O–H groups in total. The van der Waals surface area contributed by atoms with E-state index >= 15 is 0 Å². The minimum Gasteiger partial charge on any atom is -0.369 e. The third-order valence-electron chi connectivity index (χ3n) is 3.26. The number of para-hydroxylation sites is 1. The van der Waals surface area contributed by atoms with Gasteiger partial charge in [-0.2, -0.15) is 13.2 Å². The van der Waals surface area contributed by atoms with Crippen molar-refractivity contribution >= 4 is 17.3 Å². The largest absolute Gasteiger partial charge is 0.393 e. The SMILES string of the molecule is NCc1cccc(Cl)c1N1CCC(C(F)(F)F)C1. The van der Waals surface area contributed by atoms with Gasteiger partial charge in [0.15, 0.2) is 0 Å². The molecule has 1 unspecified atom stereocenters. The highest BCUT2D eigenvalue weighted by Gasteiger charge is 2.44. The Kier molecular flexibility index (Phi) is 3.73. The molecule has 0 spiro atoms. The molecule has 1 aromatic carbocycles. The first-order valence-corrected chi connectivity index (χ1v) is 6.10. The molecule has 0 bridgehead atoms. The Hall–Kier alpha value is -0.940. The van der Waals surface area contributed by atoms with Crippen LogP contribution in [0.4, 0.5) is 18.9 Å². The second-order valence-corrected chi connectivity index (χ2v) is 4.83. The average Bonchev–Trinajstić information content (AvgIpc) is 2.77. The van der Waals surface area contributed by atoms with E-state index in [-0.39, 0.29) is 19.5 Å². The molecule has 18 heavy (non-hydrogen) atoms. The summed E-state index contributed by atoms with van der Waals surface area (Å²) < 4.78 is 37.9. The summed E-state index contributed by atoms with van der Waals surface area (Å²) in [6, 6.07) is 5.23. The summed E-state index contributed by atoms with van der Waals surface area (Å²) in [5.74, 6) is -1.28. The molecule has 1 atom stereocenters. The monoisotopic (exact) mass is 278 g/mol. The van der Waals surface area contributed by atoms with Gasteiger partial charge in [0.2, 0.25) is 0 Å². The highest BCUT2D eigenvalue weighted by atomic mass is 35.5. The molecular weight excluding hydrogens is 265 g/mol. The predicted molar refractivity (Wildman–Crippen MR) is 65.7 cm³/mol. The fraction of sp³-hybridized carbons (Fsp3) is 0.500. The van der Waals surface area contributed by atoms with Gasteiger partial charge in [-0.05, 0) is 18.1 Å². The van der Waals surface area contributed by atoms with E-state index in [1.165, 1.54) is 0 Å². The van der Waals surface area contributed by atoms with Crippen LogP contribution in [0.2, 0.25) is 5.02 Å². The van der Waals surface area contributed by atoms with Crippen molar-refractivity contribution in [3.8, 4) is 0 Å². The van der Waals surface area contributed by atoms with E-state index in [1.54, 1.807) is 23.1 Å². The van der Waals surface area contributed by atoms with E-state index < -0.39 is 12.1 Å². The van der Waals surface area contributed by atoms with Crippen molar-refractivity contribution in [3.63, 3.8) is 0 Å². The van der Waals surface area contributed by atoms with Crippen molar-refractivity contribution < 1.29 is 13.2 Å². The van der Waals surface area contributed by atoms with Crippen molar-refractivity contribution in [2.75, 3.05) is 18.0 Å². The minimum atomic E-state index is -4.14. The number of alkyl halides is 3. The smallest absolute Gasteiger partial charge is 0.369 e. The maximum Gasteiger partial charge on any atom is 0.393 e. The quantitative estimate of drug-likeness (QED) is 0.900. The number of nitrogens with two attached hydrogens (primary N) is 1. The summed E-state index contributed by atoms with van der Waals surface area (Å²) in [6.45, 7) is 0.588. The summed E-state index contributed by atoms with van der Waals surface area (Å²) in [4.78, 5) is 1.68. The number of benzene rings is 1. The highest BCUT2D eigenvalue weighted by Crippen LogP contribution is 2.38. The molecule has 1 aromatic rings. The molecule has 1 aliphatic heterocycles. The highest BCUT2D eigenvalue weighted by molar-refractivity contribution is 6.33. The second-order valence-electron chi connectivity index (χ2n) is 4.42. The molecule has 0 radical (unpaired) electrons. The number of nitrogens with zero attached hydrogens (tertiary/aromatic N) is 1. The molecule has 0 aliphatic carbocycles. The van der Waals surface area contributed by atoms with Crippen LogP contribution in [0.3, 0.4) is 0 Å². The summed E-state index contributed by atoms with van der Waals surface area (Å²) in [5, 5.41) is 0.459. The Morgan fingerprint density at radius 3 is 2.67 bits per heavy atom. The molecule has 100 valence electrons. The molecule has 0 amide bonds. The lowest BCUT2D eigenvalue weighted by molar-refractivity contribution is -0.168. The maximum atomic E-state index is 12.6. The van der Waals surface area contributed by atoms with Crippen LogP contribution < -0.4 is 10.6 Å². The Labute approximate surface area is 109 Å². The van der Waals surface area contributed by atoms with Gasteiger partial charge in [0.05, 0.1) is 16.6 Å². The molecule has 6 heteroatoms. The van der Waals surface area contributed by atoms with E-state index in [4.69, 9.17) is 17.3 Å². The number of halogens is 4. The fourth-order valence-corrected chi connectivity index (χ4v) is 2.62. The third kappa shape index (κ3) is 2.57. The summed E-state index contributed by atoms with van der Waals surface area (Å²) in [7, 11) is 0. The minimum absolute atomic E-state index is 0.0414. The van der Waals surface area contributed by atoms with Gasteiger partial charge in [-0.15, -0.1) is 0 Å². The van der Waals surface area contributed by atoms with Crippen LogP contribution in [0.1, 0.15) is 12.0 Å². The van der Waals surface area contributed by atoms with Gasteiger partial charge < -0.3 is 10.6 Å². The van der Waals surface area contributed by atoms with Crippen molar-refractivity contribution in [2.45, 2.75) is 19.1 Å². The zero-order valence-electron chi connectivity index (χ0n) is 9.67. The molecule has 1 fully saturated rings. The van der Waals surface area contributed by atoms with E-state index in [0.717, 1.165) is 5.56 Å². The van der Waals surface area contributed by atoms with Crippen molar-refractivity contribution in [2.24, 2.45) is 11.7 Å². The number of hydrogen-bond acceptors (Lipinski definition) is 2. The molecule has 1 heterocycles. The van der Waals surface area contributed by atoms with Crippen LogP contribution in [0.15, 0.2) is 18.2 Å². The predicted octanol–water partition coefficient (Wildman–Crippen LogP) is 3.19. The zero-order valence-corrected chi connectivity index (χ0v) is 10.4. The van der Waals surface area contributed by atoms with Gasteiger partial charge in [0.25, 0.3) is 0 Å². The normalized spacial score (nSPS) is 20.5. The van der Waals surface area contributed by atoms with Crippen LogP contribution in [0.25, 0.3) is 0 Å². The maximum absolute atomic E-state index is 12.6. The van der Waals surface area contributed by atoms with E-state index in [1.807, 2.05) is 0 Å². The molecule has 2 nitrogen and oxygen atoms in total. The lowest BCUT2D eigenvalue weighted by Crippen LogP contribution is -2.28. The van der Waals surface area contributed by atoms with Gasteiger partial charge in [-0.1, -0.05) is 23.7 Å². The van der Waals surface area contributed by atoms with Gasteiger partial charge in [-0.3, -0.25) is 0 Å². The summed E-state index contributed by atoms with van der Waals surface area (Å²) >= 11 is 6.07. The van der Waals surface area contributed by atoms with Crippen molar-refractivity contribution in [1.29, 1.82) is 0 Å². The summed E-state index contributed by atoms with van der Waals surface area (Å²) in [5.41, 5.74) is 7.03. The van der Waals surface area contributed by atoms with Gasteiger partial charge in [0.1, 0.15) is 0 Å². The number of hydrogen-bond donors (Lipinski definition) is 1. The summed E-state index contributed by atoms with van der Waals surface area (Å²) in [6.07, 6.45) is -4.03. The van der Waals surface area contributed by atoms with E-state index in [2.05, 4.69) is 0 Å². The zero-order chi connectivity index (χ0) is 13.3. The Bertz CT molecular complexity index is 434. The first kappa shape index (κ1) is 13.5. The molecule has 2 rings (SSSR count). The Balaban J connectivity index is 2.24. The van der Waals surface area contributed by atoms with Crippen LogP contribution in [0, 0.1) is 5.92 Å². The molecule has 1 saturated heterocycles. The second kappa shape index (κ2) is 4.97. The first-order valence-electron chi connectivity index (χ1n) is 5.72. The molecule has 0 aromatic heterocycles. The van der Waals surface area contributed by atoms with Crippen LogP contribution in [0.5, 0.6) is 0 Å². The van der Waals surface area contributed by atoms with Gasteiger partial charge in [-0.25, -0.2) is 0 Å². The third-order valence-corrected chi connectivity index (χ3v) is 3.56. The lowest BCUT2D eigenvalue weighted by atomic mass is 10.1. The van der Waals surface area contributed by atoms with E-state index in [0.29, 0.717) is 17.3 Å². The first-order chi connectivity index (χ1) is 8.43. The van der Waals surface area contributed by atoms with Crippen molar-refractivity contribution in [1.82, 2.24) is 0 Å².